The van der Waals surface area contributed by atoms with E-state index in [-0.39, 0.29) is 23.2 Å². The molecule has 21 heavy (non-hydrogen) atoms. The van der Waals surface area contributed by atoms with Crippen LogP contribution >= 0.6 is 23.2 Å². The van der Waals surface area contributed by atoms with Crippen molar-refractivity contribution in [3.05, 3.63) is 33.8 Å². The number of hydrogen-bond acceptors (Lipinski definition) is 3. The highest BCUT2D eigenvalue weighted by Crippen LogP contribution is 2.24. The molecule has 0 saturated carbocycles. The van der Waals surface area contributed by atoms with Crippen LogP contribution in [0.1, 0.15) is 23.2 Å². The van der Waals surface area contributed by atoms with Gasteiger partial charge in [0.1, 0.15) is 6.54 Å². The molecule has 1 N–H and O–H groups in total. The summed E-state index contributed by atoms with van der Waals surface area (Å²) in [6.07, 6.45) is 1.22. The zero-order valence-corrected chi connectivity index (χ0v) is 12.7. The van der Waals surface area contributed by atoms with Crippen molar-refractivity contribution in [1.29, 1.82) is 0 Å². The molecule has 1 aliphatic rings. The minimum atomic E-state index is -1.06. The summed E-state index contributed by atoms with van der Waals surface area (Å²) in [5, 5.41) is 9.69. The maximum atomic E-state index is 12.6. The third kappa shape index (κ3) is 4.09. The molecule has 1 heterocycles. The number of carboxylic acid groups (broad SMARTS) is 1. The second-order valence-corrected chi connectivity index (χ2v) is 5.64. The molecular formula is C14H15Cl2NO4. The van der Waals surface area contributed by atoms with Crippen molar-refractivity contribution >= 4 is 35.1 Å². The Morgan fingerprint density at radius 1 is 1.29 bits per heavy atom. The van der Waals surface area contributed by atoms with Gasteiger partial charge in [0.05, 0.1) is 10.6 Å². The number of aliphatic carboxylic acids is 1. The lowest BCUT2D eigenvalue weighted by molar-refractivity contribution is -0.138. The first-order chi connectivity index (χ1) is 9.99. The molecule has 0 aromatic heterocycles. The van der Waals surface area contributed by atoms with Crippen LogP contribution in [0.25, 0.3) is 0 Å². The van der Waals surface area contributed by atoms with Crippen molar-refractivity contribution in [3.63, 3.8) is 0 Å². The van der Waals surface area contributed by atoms with Gasteiger partial charge in [0.15, 0.2) is 0 Å². The highest BCUT2D eigenvalue weighted by Gasteiger charge is 2.29. The van der Waals surface area contributed by atoms with E-state index in [1.807, 2.05) is 0 Å². The van der Waals surface area contributed by atoms with E-state index in [9.17, 15) is 9.59 Å². The Morgan fingerprint density at radius 2 is 1.95 bits per heavy atom. The van der Waals surface area contributed by atoms with Crippen molar-refractivity contribution in [3.8, 4) is 0 Å². The van der Waals surface area contributed by atoms with Crippen LogP contribution in [0.4, 0.5) is 0 Å². The number of rotatable bonds is 4. The number of carboxylic acids is 1. The normalized spacial score (nSPS) is 15.7. The van der Waals surface area contributed by atoms with E-state index in [0.29, 0.717) is 31.1 Å². The average Bonchev–Trinajstić information content (AvgIpc) is 2.47. The Kier molecular flexibility index (Phi) is 5.45. The molecule has 1 fully saturated rings. The first kappa shape index (κ1) is 16.1. The topological polar surface area (TPSA) is 66.8 Å². The minimum Gasteiger partial charge on any atom is -0.480 e. The van der Waals surface area contributed by atoms with E-state index in [1.165, 1.54) is 17.0 Å². The average molecular weight is 332 g/mol. The van der Waals surface area contributed by atoms with Gasteiger partial charge in [-0.1, -0.05) is 23.2 Å². The van der Waals surface area contributed by atoms with Crippen LogP contribution in [0.15, 0.2) is 18.2 Å². The summed E-state index contributed by atoms with van der Waals surface area (Å²) in [5.74, 6) is -1.48. The SMILES string of the molecule is O=C(O)CN(C(=O)c1cc(Cl)ccc1Cl)C1CCOCC1. The Morgan fingerprint density at radius 3 is 2.57 bits per heavy atom. The predicted octanol–water partition coefficient (Wildman–Crippen LogP) is 2.70. The number of amides is 1. The van der Waals surface area contributed by atoms with Crippen molar-refractivity contribution in [1.82, 2.24) is 4.90 Å². The Labute approximate surface area is 132 Å². The third-order valence-electron chi connectivity index (χ3n) is 3.36. The van der Waals surface area contributed by atoms with Gasteiger partial charge in [0.25, 0.3) is 5.91 Å². The fraction of sp³-hybridized carbons (Fsp3) is 0.429. The molecule has 1 saturated heterocycles. The number of hydrogen-bond donors (Lipinski definition) is 1. The van der Waals surface area contributed by atoms with Gasteiger partial charge in [-0.2, -0.15) is 0 Å². The fourth-order valence-corrected chi connectivity index (χ4v) is 2.70. The summed E-state index contributed by atoms with van der Waals surface area (Å²) in [6.45, 7) is 0.654. The molecule has 7 heteroatoms. The van der Waals surface area contributed by atoms with Gasteiger partial charge >= 0.3 is 5.97 Å². The van der Waals surface area contributed by atoms with Crippen LogP contribution in [-0.4, -0.2) is 47.7 Å². The predicted molar refractivity (Wildman–Crippen MR) is 79.0 cm³/mol. The minimum absolute atomic E-state index is 0.169. The van der Waals surface area contributed by atoms with Crippen molar-refractivity contribution in [2.75, 3.05) is 19.8 Å². The smallest absolute Gasteiger partial charge is 0.323 e. The van der Waals surface area contributed by atoms with Crippen LogP contribution in [-0.2, 0) is 9.53 Å². The van der Waals surface area contributed by atoms with Gasteiger partial charge in [-0.25, -0.2) is 0 Å². The molecule has 5 nitrogen and oxygen atoms in total. The zero-order valence-electron chi connectivity index (χ0n) is 11.2. The van der Waals surface area contributed by atoms with E-state index >= 15 is 0 Å². The highest BCUT2D eigenvalue weighted by atomic mass is 35.5. The maximum absolute atomic E-state index is 12.6. The summed E-state index contributed by atoms with van der Waals surface area (Å²) in [7, 11) is 0. The van der Waals surface area contributed by atoms with Crippen molar-refractivity contribution < 1.29 is 19.4 Å². The number of halogens is 2. The van der Waals surface area contributed by atoms with E-state index < -0.39 is 11.9 Å². The van der Waals surface area contributed by atoms with Crippen LogP contribution in [0.5, 0.6) is 0 Å². The third-order valence-corrected chi connectivity index (χ3v) is 3.92. The number of carbonyl (C=O) groups excluding carboxylic acids is 1. The van der Waals surface area contributed by atoms with Crippen LogP contribution in [0.3, 0.4) is 0 Å². The molecule has 2 rings (SSSR count). The lowest BCUT2D eigenvalue weighted by Crippen LogP contribution is -2.46. The van der Waals surface area contributed by atoms with E-state index in [2.05, 4.69) is 0 Å². The summed E-state index contributed by atoms with van der Waals surface area (Å²) >= 11 is 11.9. The van der Waals surface area contributed by atoms with Gasteiger partial charge in [-0.15, -0.1) is 0 Å². The van der Waals surface area contributed by atoms with E-state index in [0.717, 1.165) is 0 Å². The molecule has 0 unspecified atom stereocenters. The van der Waals surface area contributed by atoms with Gasteiger partial charge in [0.2, 0.25) is 0 Å². The molecule has 0 spiro atoms. The number of benzene rings is 1. The maximum Gasteiger partial charge on any atom is 0.323 e. The van der Waals surface area contributed by atoms with Crippen molar-refractivity contribution in [2.24, 2.45) is 0 Å². The number of nitrogens with zero attached hydrogens (tertiary/aromatic N) is 1. The fourth-order valence-electron chi connectivity index (χ4n) is 2.33. The molecule has 1 aromatic rings. The van der Waals surface area contributed by atoms with Crippen LogP contribution in [0, 0.1) is 0 Å². The summed E-state index contributed by atoms with van der Waals surface area (Å²) < 4.78 is 5.25. The standard InChI is InChI=1S/C14H15Cl2NO4/c15-9-1-2-12(16)11(7-9)14(20)17(8-13(18)19)10-3-5-21-6-4-10/h1-2,7,10H,3-6,8H2,(H,18,19). The number of carbonyl (C=O) groups is 2. The molecule has 114 valence electrons. The second-order valence-electron chi connectivity index (χ2n) is 4.79. The summed E-state index contributed by atoms with van der Waals surface area (Å²) in [5.41, 5.74) is 0.219. The van der Waals surface area contributed by atoms with Crippen LogP contribution < -0.4 is 0 Å². The monoisotopic (exact) mass is 331 g/mol. The highest BCUT2D eigenvalue weighted by molar-refractivity contribution is 6.35. The molecule has 0 aliphatic carbocycles. The molecule has 1 aromatic carbocycles. The molecule has 0 radical (unpaired) electrons. The first-order valence-corrected chi connectivity index (χ1v) is 7.30. The molecule has 1 amide bonds. The number of ether oxygens (including phenoxy) is 1. The van der Waals surface area contributed by atoms with Gasteiger partial charge in [-0.05, 0) is 31.0 Å². The lowest BCUT2D eigenvalue weighted by atomic mass is 10.1. The zero-order chi connectivity index (χ0) is 15.4. The molecule has 0 bridgehead atoms. The summed E-state index contributed by atoms with van der Waals surface area (Å²) in [6, 6.07) is 4.40. The second kappa shape index (κ2) is 7.11. The molecule has 1 aliphatic heterocycles. The lowest BCUT2D eigenvalue weighted by Gasteiger charge is -2.33. The van der Waals surface area contributed by atoms with Gasteiger partial charge in [0, 0.05) is 24.3 Å². The van der Waals surface area contributed by atoms with E-state index in [1.54, 1.807) is 6.07 Å². The summed E-state index contributed by atoms with van der Waals surface area (Å²) in [4.78, 5) is 25.0. The largest absolute Gasteiger partial charge is 0.480 e. The Bertz CT molecular complexity index is 544. The Hall–Kier alpha value is -1.30. The van der Waals surface area contributed by atoms with Crippen molar-refractivity contribution in [2.45, 2.75) is 18.9 Å². The molecular weight excluding hydrogens is 317 g/mol. The quantitative estimate of drug-likeness (QED) is 0.921. The van der Waals surface area contributed by atoms with Gasteiger partial charge < -0.3 is 14.7 Å². The first-order valence-electron chi connectivity index (χ1n) is 6.54. The van der Waals surface area contributed by atoms with E-state index in [4.69, 9.17) is 33.0 Å². The molecule has 0 atom stereocenters. The van der Waals surface area contributed by atoms with Gasteiger partial charge in [-0.3, -0.25) is 9.59 Å². The Balaban J connectivity index is 2.28. The van der Waals surface area contributed by atoms with Crippen LogP contribution in [0.2, 0.25) is 10.0 Å².